The van der Waals surface area contributed by atoms with E-state index in [1.165, 1.54) is 18.3 Å². The molecule has 0 aliphatic carbocycles. The van der Waals surface area contributed by atoms with Gasteiger partial charge in [0.05, 0.1) is 11.6 Å². The highest BCUT2D eigenvalue weighted by Gasteiger charge is 2.13. The zero-order valence-electron chi connectivity index (χ0n) is 11.9. The molecular formula is C16H18N2O2. The van der Waals surface area contributed by atoms with Crippen molar-refractivity contribution in [2.45, 2.75) is 26.8 Å². The number of benzene rings is 1. The maximum absolute atomic E-state index is 12.1. The molecule has 4 nitrogen and oxygen atoms in total. The summed E-state index contributed by atoms with van der Waals surface area (Å²) in [6.07, 6.45) is 1.42. The van der Waals surface area contributed by atoms with E-state index in [0.29, 0.717) is 5.56 Å². The van der Waals surface area contributed by atoms with Gasteiger partial charge in [0.25, 0.3) is 5.91 Å². The van der Waals surface area contributed by atoms with Gasteiger partial charge >= 0.3 is 0 Å². The number of hydrogen-bond acceptors (Lipinski definition) is 2. The third kappa shape index (κ3) is 3.15. The van der Waals surface area contributed by atoms with Crippen LogP contribution in [-0.4, -0.2) is 10.9 Å². The number of hydrogen-bond donors (Lipinski definition) is 2. The molecule has 1 atom stereocenters. The van der Waals surface area contributed by atoms with Gasteiger partial charge < -0.3 is 10.3 Å². The molecule has 0 fully saturated rings. The van der Waals surface area contributed by atoms with Crippen LogP contribution in [0, 0.1) is 13.8 Å². The Bertz CT molecular complexity index is 669. The molecule has 1 aromatic heterocycles. The van der Waals surface area contributed by atoms with Crippen molar-refractivity contribution in [3.63, 3.8) is 0 Å². The average molecular weight is 270 g/mol. The summed E-state index contributed by atoms with van der Waals surface area (Å²) in [4.78, 5) is 25.6. The van der Waals surface area contributed by atoms with Crippen molar-refractivity contribution in [2.75, 3.05) is 0 Å². The first-order valence-electron chi connectivity index (χ1n) is 6.54. The predicted octanol–water partition coefficient (Wildman–Crippen LogP) is 2.48. The summed E-state index contributed by atoms with van der Waals surface area (Å²) in [6, 6.07) is 8.95. The van der Waals surface area contributed by atoms with Crippen LogP contribution in [-0.2, 0) is 0 Å². The van der Waals surface area contributed by atoms with Gasteiger partial charge in [-0.3, -0.25) is 9.59 Å². The summed E-state index contributed by atoms with van der Waals surface area (Å²) in [6.45, 7) is 6.00. The van der Waals surface area contributed by atoms with Gasteiger partial charge in [0, 0.05) is 12.3 Å². The first-order chi connectivity index (χ1) is 9.47. The number of H-pyrrole nitrogens is 1. The molecule has 2 aromatic rings. The van der Waals surface area contributed by atoms with Crippen molar-refractivity contribution in [1.82, 2.24) is 10.3 Å². The molecule has 0 bridgehead atoms. The highest BCUT2D eigenvalue weighted by atomic mass is 16.2. The molecule has 104 valence electrons. The highest BCUT2D eigenvalue weighted by molar-refractivity contribution is 5.94. The maximum atomic E-state index is 12.1. The van der Waals surface area contributed by atoms with Gasteiger partial charge in [-0.2, -0.15) is 0 Å². The van der Waals surface area contributed by atoms with E-state index in [4.69, 9.17) is 0 Å². The molecule has 2 N–H and O–H groups in total. The standard InChI is InChI=1S/C16H18N2O2/c1-10-4-5-11(2)14(8-10)12(3)18-16(20)13-6-7-15(19)17-9-13/h4-9,12H,1-3H3,(H,17,19)(H,18,20). The molecule has 1 heterocycles. The summed E-state index contributed by atoms with van der Waals surface area (Å²) in [5.74, 6) is -0.199. The van der Waals surface area contributed by atoms with Crippen LogP contribution in [0.15, 0.2) is 41.3 Å². The van der Waals surface area contributed by atoms with E-state index in [-0.39, 0.29) is 17.5 Å². The molecule has 0 radical (unpaired) electrons. The van der Waals surface area contributed by atoms with Crippen LogP contribution in [0.5, 0.6) is 0 Å². The SMILES string of the molecule is Cc1ccc(C)c(C(C)NC(=O)c2ccc(=O)[nH]c2)c1. The van der Waals surface area contributed by atoms with Crippen molar-refractivity contribution in [1.29, 1.82) is 0 Å². The van der Waals surface area contributed by atoms with Crippen LogP contribution < -0.4 is 10.9 Å². The Labute approximate surface area is 117 Å². The molecule has 0 saturated carbocycles. The molecule has 0 aliphatic heterocycles. The summed E-state index contributed by atoms with van der Waals surface area (Å²) in [5, 5.41) is 2.94. The number of aromatic nitrogens is 1. The summed E-state index contributed by atoms with van der Waals surface area (Å²) < 4.78 is 0. The fraction of sp³-hybridized carbons (Fsp3) is 0.250. The largest absolute Gasteiger partial charge is 0.345 e. The van der Waals surface area contributed by atoms with Gasteiger partial charge in [0.15, 0.2) is 0 Å². The Hall–Kier alpha value is -2.36. The number of pyridine rings is 1. The van der Waals surface area contributed by atoms with E-state index in [0.717, 1.165) is 16.7 Å². The topological polar surface area (TPSA) is 62.0 Å². The monoisotopic (exact) mass is 270 g/mol. The van der Waals surface area contributed by atoms with Crippen molar-refractivity contribution in [3.05, 3.63) is 69.1 Å². The Kier molecular flexibility index (Phi) is 4.03. The summed E-state index contributed by atoms with van der Waals surface area (Å²) >= 11 is 0. The minimum atomic E-state index is -0.218. The van der Waals surface area contributed by atoms with Crippen molar-refractivity contribution in [2.24, 2.45) is 0 Å². The van der Waals surface area contributed by atoms with E-state index < -0.39 is 0 Å². The lowest BCUT2D eigenvalue weighted by Crippen LogP contribution is -2.27. The van der Waals surface area contributed by atoms with E-state index in [1.807, 2.05) is 26.8 Å². The zero-order valence-corrected chi connectivity index (χ0v) is 11.9. The summed E-state index contributed by atoms with van der Waals surface area (Å²) in [7, 11) is 0. The molecule has 1 amide bonds. The Morgan fingerprint density at radius 2 is 1.95 bits per heavy atom. The number of nitrogens with one attached hydrogen (secondary N) is 2. The number of aryl methyl sites for hydroxylation is 2. The van der Waals surface area contributed by atoms with Crippen molar-refractivity contribution in [3.8, 4) is 0 Å². The maximum Gasteiger partial charge on any atom is 0.253 e. The third-order valence-corrected chi connectivity index (χ3v) is 3.30. The van der Waals surface area contributed by atoms with Gasteiger partial charge in [-0.15, -0.1) is 0 Å². The first kappa shape index (κ1) is 14.1. The second-order valence-electron chi connectivity index (χ2n) is 5.00. The number of carbonyl (C=O) groups is 1. The Morgan fingerprint density at radius 3 is 2.60 bits per heavy atom. The van der Waals surface area contributed by atoms with E-state index in [9.17, 15) is 9.59 Å². The van der Waals surface area contributed by atoms with Crippen LogP contribution in [0.1, 0.15) is 40.0 Å². The number of carbonyl (C=O) groups excluding carboxylic acids is 1. The van der Waals surface area contributed by atoms with Crippen LogP contribution in [0.3, 0.4) is 0 Å². The van der Waals surface area contributed by atoms with Crippen LogP contribution in [0.2, 0.25) is 0 Å². The number of amides is 1. The van der Waals surface area contributed by atoms with Crippen LogP contribution in [0.25, 0.3) is 0 Å². The molecule has 1 unspecified atom stereocenters. The first-order valence-corrected chi connectivity index (χ1v) is 6.54. The van der Waals surface area contributed by atoms with Gasteiger partial charge in [0.1, 0.15) is 0 Å². The fourth-order valence-corrected chi connectivity index (χ4v) is 2.14. The Balaban J connectivity index is 2.16. The van der Waals surface area contributed by atoms with Crippen LogP contribution >= 0.6 is 0 Å². The van der Waals surface area contributed by atoms with Crippen molar-refractivity contribution < 1.29 is 4.79 Å². The number of rotatable bonds is 3. The molecular weight excluding hydrogens is 252 g/mol. The second kappa shape index (κ2) is 5.74. The molecule has 0 saturated heterocycles. The predicted molar refractivity (Wildman–Crippen MR) is 78.9 cm³/mol. The lowest BCUT2D eigenvalue weighted by atomic mass is 10.00. The zero-order chi connectivity index (χ0) is 14.7. The number of aromatic amines is 1. The minimum Gasteiger partial charge on any atom is -0.345 e. The van der Waals surface area contributed by atoms with Gasteiger partial charge in [-0.05, 0) is 38.0 Å². The highest BCUT2D eigenvalue weighted by Crippen LogP contribution is 2.19. The van der Waals surface area contributed by atoms with E-state index in [1.54, 1.807) is 0 Å². The molecule has 0 aliphatic rings. The lowest BCUT2D eigenvalue weighted by Gasteiger charge is -2.17. The fourth-order valence-electron chi connectivity index (χ4n) is 2.14. The molecule has 2 rings (SSSR count). The van der Waals surface area contributed by atoms with Crippen molar-refractivity contribution >= 4 is 5.91 Å². The Morgan fingerprint density at radius 1 is 1.20 bits per heavy atom. The molecule has 4 heteroatoms. The van der Waals surface area contributed by atoms with Gasteiger partial charge in [-0.1, -0.05) is 23.8 Å². The van der Waals surface area contributed by atoms with E-state index >= 15 is 0 Å². The second-order valence-corrected chi connectivity index (χ2v) is 5.00. The molecule has 0 spiro atoms. The van der Waals surface area contributed by atoms with Gasteiger partial charge in [0.2, 0.25) is 5.56 Å². The smallest absolute Gasteiger partial charge is 0.253 e. The quantitative estimate of drug-likeness (QED) is 0.900. The minimum absolute atomic E-state index is 0.0886. The normalized spacial score (nSPS) is 11.9. The lowest BCUT2D eigenvalue weighted by molar-refractivity contribution is 0.0939. The molecule has 1 aromatic carbocycles. The summed E-state index contributed by atoms with van der Waals surface area (Å²) in [5.41, 5.74) is 3.63. The van der Waals surface area contributed by atoms with E-state index in [2.05, 4.69) is 22.4 Å². The third-order valence-electron chi connectivity index (χ3n) is 3.30. The van der Waals surface area contributed by atoms with Gasteiger partial charge in [-0.25, -0.2) is 0 Å². The average Bonchev–Trinajstić information content (AvgIpc) is 2.42. The van der Waals surface area contributed by atoms with Crippen LogP contribution in [0.4, 0.5) is 0 Å². The molecule has 20 heavy (non-hydrogen) atoms.